The zero-order chi connectivity index (χ0) is 5.82. The van der Waals surface area contributed by atoms with Crippen LogP contribution in [0.25, 0.3) is 0 Å². The molecule has 0 amide bonds. The molecular formula is C6H7ClHgO. The van der Waals surface area contributed by atoms with Gasteiger partial charge in [-0.15, -0.1) is 0 Å². The van der Waals surface area contributed by atoms with Crippen LogP contribution in [0.3, 0.4) is 0 Å². The summed E-state index contributed by atoms with van der Waals surface area (Å²) in [5.74, 6) is 0. The fraction of sp³-hybridized carbons (Fsp3) is 0. The molecule has 0 bridgehead atoms. The second-order valence-electron chi connectivity index (χ2n) is 1.62. The average molecular weight is 331 g/mol. The molecule has 0 radical (unpaired) electrons. The van der Waals surface area contributed by atoms with E-state index in [0.717, 1.165) is 0 Å². The van der Waals surface area contributed by atoms with E-state index in [4.69, 9.17) is 8.25 Å². The number of rotatable bonds is 1. The summed E-state index contributed by atoms with van der Waals surface area (Å²) in [6, 6.07) is 10.3. The van der Waals surface area contributed by atoms with Crippen molar-refractivity contribution in [2.45, 2.75) is 0 Å². The standard InChI is InChI=1S/C6H5.ClH.Hg.H2O/c1-2-4-6-5-3-1;;;/h1-5H;1H;;1H2/q;;+1;/p-1. The molecule has 0 aliphatic rings. The molecule has 0 saturated heterocycles. The maximum absolute atomic E-state index is 5.75. The van der Waals surface area contributed by atoms with E-state index in [1.807, 2.05) is 18.2 Å². The minimum absolute atomic E-state index is 0. The van der Waals surface area contributed by atoms with Gasteiger partial charge in [0.05, 0.1) is 0 Å². The van der Waals surface area contributed by atoms with Gasteiger partial charge in [-0.1, -0.05) is 0 Å². The molecule has 1 nitrogen and oxygen atoms in total. The normalized spacial score (nSPS) is 7.22. The molecule has 0 unspecified atom stereocenters. The van der Waals surface area contributed by atoms with Crippen molar-refractivity contribution in [3.05, 3.63) is 30.3 Å². The SMILES string of the molecule is O.[Cl][Hg][c]1ccccc1. The first kappa shape index (κ1) is 9.41. The summed E-state index contributed by atoms with van der Waals surface area (Å²) in [5.41, 5.74) is 0. The van der Waals surface area contributed by atoms with Gasteiger partial charge in [0.1, 0.15) is 0 Å². The topological polar surface area (TPSA) is 31.5 Å². The Balaban J connectivity index is 0.000000640. The van der Waals surface area contributed by atoms with Crippen molar-refractivity contribution in [3.63, 3.8) is 0 Å². The summed E-state index contributed by atoms with van der Waals surface area (Å²) in [6.45, 7) is 0. The third-order valence-corrected chi connectivity index (χ3v) is 6.74. The summed E-state index contributed by atoms with van der Waals surface area (Å²) in [4.78, 5) is 0. The van der Waals surface area contributed by atoms with Crippen LogP contribution in [0.15, 0.2) is 30.3 Å². The van der Waals surface area contributed by atoms with Crippen molar-refractivity contribution in [1.82, 2.24) is 0 Å². The van der Waals surface area contributed by atoms with Crippen LogP contribution in [0.5, 0.6) is 0 Å². The van der Waals surface area contributed by atoms with Crippen LogP contribution in [-0.2, 0) is 23.3 Å². The molecule has 0 spiro atoms. The molecule has 0 fully saturated rings. The van der Waals surface area contributed by atoms with Crippen LogP contribution in [0.1, 0.15) is 0 Å². The zero-order valence-corrected chi connectivity index (χ0v) is 11.2. The molecule has 46 valence electrons. The third kappa shape index (κ3) is 3.18. The molecule has 2 N–H and O–H groups in total. The van der Waals surface area contributed by atoms with E-state index < -0.39 is 23.3 Å². The molecule has 0 heterocycles. The Morgan fingerprint density at radius 2 is 1.67 bits per heavy atom. The van der Waals surface area contributed by atoms with Crippen LogP contribution < -0.4 is 3.07 Å². The van der Waals surface area contributed by atoms with Gasteiger partial charge >= 0.3 is 65.0 Å². The Bertz CT molecular complexity index is 154. The van der Waals surface area contributed by atoms with Crippen molar-refractivity contribution in [2.24, 2.45) is 0 Å². The van der Waals surface area contributed by atoms with Gasteiger partial charge in [0, 0.05) is 0 Å². The van der Waals surface area contributed by atoms with Gasteiger partial charge < -0.3 is 5.48 Å². The van der Waals surface area contributed by atoms with Crippen molar-refractivity contribution in [2.75, 3.05) is 0 Å². The van der Waals surface area contributed by atoms with E-state index in [1.54, 1.807) is 0 Å². The number of halogens is 1. The molecule has 1 aromatic rings. The number of benzene rings is 1. The quantitative estimate of drug-likeness (QED) is 0.680. The molecule has 0 saturated carbocycles. The van der Waals surface area contributed by atoms with E-state index in [9.17, 15) is 0 Å². The van der Waals surface area contributed by atoms with Crippen molar-refractivity contribution >= 4 is 11.3 Å². The third-order valence-electron chi connectivity index (χ3n) is 0.997. The van der Waals surface area contributed by atoms with Crippen LogP contribution in [0.2, 0.25) is 0 Å². The van der Waals surface area contributed by atoms with Crippen molar-refractivity contribution < 1.29 is 28.8 Å². The zero-order valence-electron chi connectivity index (χ0n) is 4.97. The summed E-state index contributed by atoms with van der Waals surface area (Å²) in [7, 11) is 5.75. The molecule has 9 heavy (non-hydrogen) atoms. The van der Waals surface area contributed by atoms with Gasteiger partial charge in [0.25, 0.3) is 0 Å². The first-order valence-electron chi connectivity index (χ1n) is 2.53. The van der Waals surface area contributed by atoms with E-state index in [2.05, 4.69) is 12.1 Å². The Morgan fingerprint density at radius 3 is 2.00 bits per heavy atom. The van der Waals surface area contributed by atoms with Crippen molar-refractivity contribution in [1.29, 1.82) is 0 Å². The Kier molecular flexibility index (Phi) is 5.44. The second-order valence-corrected chi connectivity index (χ2v) is 8.18. The molecule has 1 rings (SSSR count). The second kappa shape index (κ2) is 5.21. The summed E-state index contributed by atoms with van der Waals surface area (Å²) >= 11 is -1.07. The first-order valence-corrected chi connectivity index (χ1v) is 12.0. The first-order chi connectivity index (χ1) is 3.93. The van der Waals surface area contributed by atoms with Crippen molar-refractivity contribution in [3.8, 4) is 0 Å². The van der Waals surface area contributed by atoms with Gasteiger partial charge in [-0.3, -0.25) is 0 Å². The van der Waals surface area contributed by atoms with E-state index in [0.29, 0.717) is 0 Å². The summed E-state index contributed by atoms with van der Waals surface area (Å²) in [6.07, 6.45) is 0. The Morgan fingerprint density at radius 1 is 1.11 bits per heavy atom. The van der Waals surface area contributed by atoms with Crippen LogP contribution in [-0.4, -0.2) is 5.48 Å². The van der Waals surface area contributed by atoms with Gasteiger partial charge in [-0.05, 0) is 0 Å². The Labute approximate surface area is 70.2 Å². The predicted molar refractivity (Wildman–Crippen MR) is 35.5 cm³/mol. The number of hydrogen-bond acceptors (Lipinski definition) is 0. The van der Waals surface area contributed by atoms with Crippen LogP contribution in [0.4, 0.5) is 0 Å². The van der Waals surface area contributed by atoms with E-state index in [-0.39, 0.29) is 5.48 Å². The molecule has 1 aromatic carbocycles. The minimum atomic E-state index is -1.07. The van der Waals surface area contributed by atoms with E-state index >= 15 is 0 Å². The van der Waals surface area contributed by atoms with Crippen LogP contribution >= 0.6 is 8.25 Å². The van der Waals surface area contributed by atoms with Gasteiger partial charge in [-0.25, -0.2) is 0 Å². The van der Waals surface area contributed by atoms with Gasteiger partial charge in [0.2, 0.25) is 0 Å². The number of hydrogen-bond donors (Lipinski definition) is 0. The van der Waals surface area contributed by atoms with E-state index in [1.165, 1.54) is 3.07 Å². The molecule has 0 aliphatic carbocycles. The summed E-state index contributed by atoms with van der Waals surface area (Å²) in [5, 5.41) is 0. The molecule has 0 aliphatic heterocycles. The fourth-order valence-corrected chi connectivity index (χ4v) is 3.88. The molecular weight excluding hydrogens is 324 g/mol. The molecule has 3 heteroatoms. The predicted octanol–water partition coefficient (Wildman–Crippen LogP) is 0.724. The fourth-order valence-electron chi connectivity index (χ4n) is 0.567. The Hall–Kier alpha value is 0.405. The summed E-state index contributed by atoms with van der Waals surface area (Å²) < 4.78 is 1.40. The van der Waals surface area contributed by atoms with Crippen LogP contribution in [0, 0.1) is 0 Å². The molecule has 0 aromatic heterocycles. The maximum atomic E-state index is 5.75. The monoisotopic (exact) mass is 332 g/mol. The van der Waals surface area contributed by atoms with Gasteiger partial charge in [-0.2, -0.15) is 0 Å². The average Bonchev–Trinajstić information content (AvgIpc) is 1.90. The molecule has 0 atom stereocenters. The van der Waals surface area contributed by atoms with Gasteiger partial charge in [0.15, 0.2) is 0 Å².